The van der Waals surface area contributed by atoms with Crippen LogP contribution in [0.2, 0.25) is 0 Å². The second kappa shape index (κ2) is 7.54. The highest BCUT2D eigenvalue weighted by atomic mass is 32.2. The Balaban J connectivity index is 1.96. The molecule has 0 radical (unpaired) electrons. The molecule has 0 amide bonds. The number of nitrogens with one attached hydrogen (secondary N) is 2. The molecule has 4 rings (SSSR count). The van der Waals surface area contributed by atoms with Crippen LogP contribution in [0.1, 0.15) is 82.7 Å². The van der Waals surface area contributed by atoms with Crippen molar-refractivity contribution in [2.75, 3.05) is 19.8 Å². The SMILES string of the molecule is CNCc1cc(C(O)NC)c2c(c1)S(=O)(=O)CC1C2(C)CCC2C(C)(C)CCCC21C. The molecule has 5 nitrogen and oxygen atoms in total. The molecule has 3 N–H and O–H groups in total. The number of hydrogen-bond acceptors (Lipinski definition) is 5. The quantitative estimate of drug-likeness (QED) is 0.609. The molecule has 0 saturated heterocycles. The third-order valence-electron chi connectivity index (χ3n) is 9.23. The van der Waals surface area contributed by atoms with Gasteiger partial charge in [-0.1, -0.05) is 40.2 Å². The van der Waals surface area contributed by atoms with Gasteiger partial charge in [0.05, 0.1) is 10.6 Å². The van der Waals surface area contributed by atoms with Gasteiger partial charge in [0.25, 0.3) is 0 Å². The number of benzene rings is 1. The molecule has 0 aromatic heterocycles. The van der Waals surface area contributed by atoms with Crippen molar-refractivity contribution in [2.24, 2.45) is 22.7 Å². The summed E-state index contributed by atoms with van der Waals surface area (Å²) >= 11 is 0. The normalized spacial score (nSPS) is 36.7. The lowest BCUT2D eigenvalue weighted by atomic mass is 9.42. The molecule has 5 atom stereocenters. The van der Waals surface area contributed by atoms with Gasteiger partial charge < -0.3 is 10.4 Å². The monoisotopic (exact) mass is 448 g/mol. The molecule has 6 heteroatoms. The van der Waals surface area contributed by atoms with E-state index in [-0.39, 0.29) is 27.9 Å². The van der Waals surface area contributed by atoms with E-state index >= 15 is 0 Å². The topological polar surface area (TPSA) is 78.4 Å². The lowest BCUT2D eigenvalue weighted by molar-refractivity contribution is -0.0986. The zero-order valence-corrected chi connectivity index (χ0v) is 20.8. The Morgan fingerprint density at radius 3 is 2.45 bits per heavy atom. The minimum atomic E-state index is -3.45. The Morgan fingerprint density at radius 1 is 1.10 bits per heavy atom. The number of sulfone groups is 1. The predicted octanol–water partition coefficient (Wildman–Crippen LogP) is 3.90. The highest BCUT2D eigenvalue weighted by molar-refractivity contribution is 7.91. The number of aliphatic hydroxyl groups excluding tert-OH is 1. The van der Waals surface area contributed by atoms with Crippen molar-refractivity contribution in [2.45, 2.75) is 82.9 Å². The van der Waals surface area contributed by atoms with Gasteiger partial charge in [0.1, 0.15) is 6.23 Å². The van der Waals surface area contributed by atoms with Crippen LogP contribution >= 0.6 is 0 Å². The summed E-state index contributed by atoms with van der Waals surface area (Å²) in [5.74, 6) is 0.816. The zero-order valence-electron chi connectivity index (χ0n) is 20.0. The largest absolute Gasteiger partial charge is 0.374 e. The average molecular weight is 449 g/mol. The van der Waals surface area contributed by atoms with Crippen LogP contribution in [0.3, 0.4) is 0 Å². The molecular weight excluding hydrogens is 408 g/mol. The third-order valence-corrected chi connectivity index (χ3v) is 11.0. The minimum absolute atomic E-state index is 0.00891. The summed E-state index contributed by atoms with van der Waals surface area (Å²) in [4.78, 5) is 0.445. The molecule has 174 valence electrons. The third kappa shape index (κ3) is 3.40. The fourth-order valence-electron chi connectivity index (χ4n) is 7.86. The van der Waals surface area contributed by atoms with Crippen molar-refractivity contribution in [3.05, 3.63) is 28.8 Å². The predicted molar refractivity (Wildman–Crippen MR) is 125 cm³/mol. The Hall–Kier alpha value is -0.950. The number of fused-ring (bicyclic) bond motifs is 5. The van der Waals surface area contributed by atoms with Crippen molar-refractivity contribution in [3.63, 3.8) is 0 Å². The van der Waals surface area contributed by atoms with E-state index in [9.17, 15) is 13.5 Å². The van der Waals surface area contributed by atoms with Crippen LogP contribution in [0.15, 0.2) is 17.0 Å². The first-order chi connectivity index (χ1) is 14.4. The van der Waals surface area contributed by atoms with Gasteiger partial charge in [-0.25, -0.2) is 8.42 Å². The number of hydrogen-bond donors (Lipinski definition) is 3. The van der Waals surface area contributed by atoms with Crippen LogP contribution in [0.25, 0.3) is 0 Å². The maximum absolute atomic E-state index is 13.7. The van der Waals surface area contributed by atoms with Gasteiger partial charge in [0, 0.05) is 12.1 Å². The second-order valence-corrected chi connectivity index (χ2v) is 13.5. The van der Waals surface area contributed by atoms with E-state index in [1.807, 2.05) is 19.2 Å². The van der Waals surface area contributed by atoms with Gasteiger partial charge in [-0.15, -0.1) is 0 Å². The van der Waals surface area contributed by atoms with Gasteiger partial charge in [0.15, 0.2) is 9.84 Å². The standard InChI is InChI=1S/C25H40N2O3S/c1-23(2)9-7-10-24(3)19(23)8-11-25(4)20(24)15-31(29,30)18-13-16(14-26-5)12-17(21(18)25)22(28)27-6/h12-13,19-20,22,26-28H,7-11,14-15H2,1-6H3. The summed E-state index contributed by atoms with van der Waals surface area (Å²) in [6.45, 7) is 9.97. The number of rotatable bonds is 4. The summed E-state index contributed by atoms with van der Waals surface area (Å²) < 4.78 is 27.5. The molecule has 1 aliphatic heterocycles. The van der Waals surface area contributed by atoms with Crippen LogP contribution in [-0.2, 0) is 21.8 Å². The van der Waals surface area contributed by atoms with Crippen molar-refractivity contribution < 1.29 is 13.5 Å². The summed E-state index contributed by atoms with van der Waals surface area (Å²) in [6, 6.07) is 3.85. The van der Waals surface area contributed by atoms with E-state index in [2.05, 4.69) is 38.3 Å². The summed E-state index contributed by atoms with van der Waals surface area (Å²) in [7, 11) is 0.128. The van der Waals surface area contributed by atoms with Crippen molar-refractivity contribution in [1.29, 1.82) is 0 Å². The van der Waals surface area contributed by atoms with Gasteiger partial charge in [-0.3, -0.25) is 5.32 Å². The molecule has 3 aliphatic rings. The summed E-state index contributed by atoms with van der Waals surface area (Å²) in [5.41, 5.74) is 2.47. The van der Waals surface area contributed by atoms with Gasteiger partial charge >= 0.3 is 0 Å². The Morgan fingerprint density at radius 2 is 1.81 bits per heavy atom. The highest BCUT2D eigenvalue weighted by Gasteiger charge is 2.62. The highest BCUT2D eigenvalue weighted by Crippen LogP contribution is 2.67. The molecule has 2 aliphatic carbocycles. The van der Waals surface area contributed by atoms with Crippen molar-refractivity contribution in [3.8, 4) is 0 Å². The first kappa shape index (κ1) is 23.2. The van der Waals surface area contributed by atoms with Crippen LogP contribution in [0.4, 0.5) is 0 Å². The Bertz CT molecular complexity index is 973. The van der Waals surface area contributed by atoms with Gasteiger partial charge in [0.2, 0.25) is 0 Å². The van der Waals surface area contributed by atoms with Crippen LogP contribution < -0.4 is 10.6 Å². The van der Waals surface area contributed by atoms with E-state index in [1.165, 1.54) is 6.42 Å². The first-order valence-electron chi connectivity index (χ1n) is 11.8. The molecule has 5 unspecified atom stereocenters. The van der Waals surface area contributed by atoms with Crippen LogP contribution in [-0.4, -0.2) is 33.4 Å². The lowest BCUT2D eigenvalue weighted by Gasteiger charge is -2.64. The maximum atomic E-state index is 13.7. The Kier molecular flexibility index (Phi) is 5.65. The fourth-order valence-corrected chi connectivity index (χ4v) is 10.2. The van der Waals surface area contributed by atoms with Crippen molar-refractivity contribution >= 4 is 9.84 Å². The van der Waals surface area contributed by atoms with E-state index in [0.717, 1.165) is 42.4 Å². The molecular formula is C25H40N2O3S. The average Bonchev–Trinajstić information content (AvgIpc) is 2.68. The molecule has 2 fully saturated rings. The van der Waals surface area contributed by atoms with E-state index in [1.54, 1.807) is 7.05 Å². The van der Waals surface area contributed by atoms with Crippen LogP contribution in [0.5, 0.6) is 0 Å². The van der Waals surface area contributed by atoms with Crippen LogP contribution in [0, 0.1) is 22.7 Å². The first-order valence-corrected chi connectivity index (χ1v) is 13.5. The Labute approximate surface area is 188 Å². The van der Waals surface area contributed by atoms with Gasteiger partial charge in [-0.05, 0) is 85.1 Å². The van der Waals surface area contributed by atoms with Crippen molar-refractivity contribution in [1.82, 2.24) is 10.6 Å². The zero-order chi connectivity index (χ0) is 22.8. The lowest BCUT2D eigenvalue weighted by Crippen LogP contribution is -2.60. The fraction of sp³-hybridized carbons (Fsp3) is 0.760. The van der Waals surface area contributed by atoms with E-state index in [4.69, 9.17) is 0 Å². The molecule has 2 saturated carbocycles. The second-order valence-electron chi connectivity index (χ2n) is 11.5. The van der Waals surface area contributed by atoms with E-state index < -0.39 is 16.1 Å². The molecule has 1 aromatic rings. The molecule has 1 heterocycles. The summed E-state index contributed by atoms with van der Waals surface area (Å²) in [6.07, 6.45) is 4.67. The minimum Gasteiger partial charge on any atom is -0.374 e. The maximum Gasteiger partial charge on any atom is 0.179 e. The van der Waals surface area contributed by atoms with Gasteiger partial charge in [-0.2, -0.15) is 0 Å². The molecule has 0 spiro atoms. The molecule has 31 heavy (non-hydrogen) atoms. The number of aliphatic hydroxyl groups is 1. The van der Waals surface area contributed by atoms with E-state index in [0.29, 0.717) is 17.4 Å². The molecule has 0 bridgehead atoms. The molecule has 1 aromatic carbocycles. The summed E-state index contributed by atoms with van der Waals surface area (Å²) in [5, 5.41) is 17.0. The smallest absolute Gasteiger partial charge is 0.179 e.